The zero-order valence-electron chi connectivity index (χ0n) is 9.87. The minimum absolute atomic E-state index is 0.153. The molecule has 90 valence electrons. The van der Waals surface area contributed by atoms with Crippen molar-refractivity contribution in [3.8, 4) is 0 Å². The van der Waals surface area contributed by atoms with Gasteiger partial charge in [-0.25, -0.2) is 0 Å². The molecule has 0 saturated heterocycles. The first-order chi connectivity index (χ1) is 8.16. The summed E-state index contributed by atoms with van der Waals surface area (Å²) in [6, 6.07) is 5.69. The summed E-state index contributed by atoms with van der Waals surface area (Å²) in [6.07, 6.45) is 1.77. The molecule has 5 heteroatoms. The number of aromatic nitrogens is 3. The first kappa shape index (κ1) is 11.7. The maximum Gasteiger partial charge on any atom is 0.232 e. The molecule has 0 spiro atoms. The largest absolute Gasteiger partial charge is 0.393 e. The highest BCUT2D eigenvalue weighted by Gasteiger charge is 2.18. The molecule has 0 aliphatic carbocycles. The van der Waals surface area contributed by atoms with Crippen molar-refractivity contribution in [3.63, 3.8) is 0 Å². The summed E-state index contributed by atoms with van der Waals surface area (Å²) in [5.74, 6) is 0.900. The number of hydrogen-bond donors (Lipinski definition) is 1. The van der Waals surface area contributed by atoms with Gasteiger partial charge in [0.15, 0.2) is 5.82 Å². The molecule has 2 atom stereocenters. The molecule has 17 heavy (non-hydrogen) atoms. The van der Waals surface area contributed by atoms with Crippen LogP contribution in [0.5, 0.6) is 0 Å². The molecule has 0 aliphatic rings. The second kappa shape index (κ2) is 5.05. The lowest BCUT2D eigenvalue weighted by Gasteiger charge is -2.07. The van der Waals surface area contributed by atoms with E-state index in [-0.39, 0.29) is 5.92 Å². The van der Waals surface area contributed by atoms with Crippen LogP contribution >= 0.6 is 0 Å². The third-order valence-electron chi connectivity index (χ3n) is 2.66. The number of rotatable bonds is 4. The minimum atomic E-state index is -0.502. The second-order valence-corrected chi connectivity index (χ2v) is 4.08. The van der Waals surface area contributed by atoms with E-state index >= 15 is 0 Å². The van der Waals surface area contributed by atoms with Crippen molar-refractivity contribution in [1.29, 1.82) is 0 Å². The van der Waals surface area contributed by atoms with E-state index in [1.54, 1.807) is 13.1 Å². The van der Waals surface area contributed by atoms with Crippen LogP contribution in [0.3, 0.4) is 0 Å². The zero-order valence-corrected chi connectivity index (χ0v) is 9.87. The smallest absolute Gasteiger partial charge is 0.232 e. The zero-order chi connectivity index (χ0) is 12.3. The van der Waals surface area contributed by atoms with E-state index in [0.717, 1.165) is 5.69 Å². The highest BCUT2D eigenvalue weighted by molar-refractivity contribution is 5.09. The van der Waals surface area contributed by atoms with Crippen LogP contribution in [0.4, 0.5) is 0 Å². The maximum absolute atomic E-state index is 9.43. The first-order valence-corrected chi connectivity index (χ1v) is 5.57. The molecule has 2 unspecified atom stereocenters. The summed E-state index contributed by atoms with van der Waals surface area (Å²) in [7, 11) is 0. The van der Waals surface area contributed by atoms with Gasteiger partial charge in [-0.2, -0.15) is 4.98 Å². The van der Waals surface area contributed by atoms with E-state index in [4.69, 9.17) is 4.52 Å². The Kier molecular flexibility index (Phi) is 3.49. The Morgan fingerprint density at radius 1 is 1.35 bits per heavy atom. The Balaban J connectivity index is 2.09. The molecule has 2 rings (SSSR count). The van der Waals surface area contributed by atoms with Crippen LogP contribution in [0.1, 0.15) is 37.2 Å². The van der Waals surface area contributed by atoms with Gasteiger partial charge < -0.3 is 9.63 Å². The third kappa shape index (κ3) is 2.88. The van der Waals surface area contributed by atoms with Crippen LogP contribution < -0.4 is 0 Å². The first-order valence-electron chi connectivity index (χ1n) is 5.57. The summed E-state index contributed by atoms with van der Waals surface area (Å²) in [5.41, 5.74) is 0.893. The lowest BCUT2D eigenvalue weighted by atomic mass is 10.1. The number of pyridine rings is 1. The van der Waals surface area contributed by atoms with Gasteiger partial charge in [0.1, 0.15) is 0 Å². The number of hydrogen-bond acceptors (Lipinski definition) is 5. The van der Waals surface area contributed by atoms with Gasteiger partial charge in [0, 0.05) is 11.9 Å². The normalized spacial score (nSPS) is 14.5. The van der Waals surface area contributed by atoms with Crippen LogP contribution in [0, 0.1) is 0 Å². The van der Waals surface area contributed by atoms with E-state index in [2.05, 4.69) is 15.1 Å². The van der Waals surface area contributed by atoms with Gasteiger partial charge in [0.05, 0.1) is 18.4 Å². The number of aliphatic hydroxyl groups excluding tert-OH is 1. The summed E-state index contributed by atoms with van der Waals surface area (Å²) in [6.45, 7) is 3.55. The van der Waals surface area contributed by atoms with Crippen molar-refractivity contribution in [3.05, 3.63) is 41.8 Å². The summed E-state index contributed by atoms with van der Waals surface area (Å²) in [4.78, 5) is 8.44. The molecule has 0 bridgehead atoms. The van der Waals surface area contributed by atoms with E-state index in [1.807, 2.05) is 25.1 Å². The van der Waals surface area contributed by atoms with Crippen LogP contribution in [-0.4, -0.2) is 26.3 Å². The van der Waals surface area contributed by atoms with E-state index in [1.165, 1.54) is 0 Å². The Morgan fingerprint density at radius 3 is 2.82 bits per heavy atom. The Morgan fingerprint density at radius 2 is 2.18 bits per heavy atom. The topological polar surface area (TPSA) is 72.0 Å². The van der Waals surface area contributed by atoms with Gasteiger partial charge in [-0.3, -0.25) is 4.98 Å². The average Bonchev–Trinajstić information content (AvgIpc) is 2.77. The molecule has 0 radical (unpaired) electrons. The van der Waals surface area contributed by atoms with E-state index in [9.17, 15) is 5.11 Å². The Bertz CT molecular complexity index is 468. The molecule has 2 aromatic rings. The molecule has 5 nitrogen and oxygen atoms in total. The lowest BCUT2D eigenvalue weighted by Crippen LogP contribution is -2.11. The standard InChI is InChI=1S/C12H15N3O2/c1-8(9(2)16)12-14-11(15-17-12)7-10-5-3-4-6-13-10/h3-6,8-9,16H,7H2,1-2H3. The fraction of sp³-hybridized carbons (Fsp3) is 0.417. The fourth-order valence-corrected chi connectivity index (χ4v) is 1.40. The minimum Gasteiger partial charge on any atom is -0.393 e. The summed E-state index contributed by atoms with van der Waals surface area (Å²) in [5, 5.41) is 13.3. The van der Waals surface area contributed by atoms with Crippen molar-refractivity contribution in [1.82, 2.24) is 15.1 Å². The van der Waals surface area contributed by atoms with Gasteiger partial charge in [-0.15, -0.1) is 0 Å². The van der Waals surface area contributed by atoms with Crippen LogP contribution in [0.2, 0.25) is 0 Å². The SMILES string of the molecule is CC(O)C(C)c1nc(Cc2ccccn2)no1. The molecule has 0 fully saturated rings. The molecule has 0 amide bonds. The highest BCUT2D eigenvalue weighted by Crippen LogP contribution is 2.17. The van der Waals surface area contributed by atoms with Gasteiger partial charge in [0.25, 0.3) is 0 Å². The summed E-state index contributed by atoms with van der Waals surface area (Å²) >= 11 is 0. The molecule has 1 N–H and O–H groups in total. The Hall–Kier alpha value is -1.75. The molecular formula is C12H15N3O2. The van der Waals surface area contributed by atoms with Gasteiger partial charge in [0.2, 0.25) is 5.89 Å². The van der Waals surface area contributed by atoms with Crippen molar-refractivity contribution in [2.24, 2.45) is 0 Å². The lowest BCUT2D eigenvalue weighted by molar-refractivity contribution is 0.151. The van der Waals surface area contributed by atoms with Gasteiger partial charge in [-0.05, 0) is 19.1 Å². The van der Waals surface area contributed by atoms with Crippen LogP contribution in [0.25, 0.3) is 0 Å². The van der Waals surface area contributed by atoms with Crippen molar-refractivity contribution in [2.45, 2.75) is 32.3 Å². The van der Waals surface area contributed by atoms with Gasteiger partial charge >= 0.3 is 0 Å². The predicted molar refractivity (Wildman–Crippen MR) is 61.4 cm³/mol. The van der Waals surface area contributed by atoms with Gasteiger partial charge in [-0.1, -0.05) is 18.1 Å². The fourth-order valence-electron chi connectivity index (χ4n) is 1.40. The monoisotopic (exact) mass is 233 g/mol. The molecule has 0 aliphatic heterocycles. The quantitative estimate of drug-likeness (QED) is 0.867. The van der Waals surface area contributed by atoms with E-state index < -0.39 is 6.10 Å². The second-order valence-electron chi connectivity index (χ2n) is 4.08. The summed E-state index contributed by atoms with van der Waals surface area (Å²) < 4.78 is 5.11. The molecule has 2 aromatic heterocycles. The third-order valence-corrected chi connectivity index (χ3v) is 2.66. The van der Waals surface area contributed by atoms with E-state index in [0.29, 0.717) is 18.1 Å². The molecule has 2 heterocycles. The highest BCUT2D eigenvalue weighted by atomic mass is 16.5. The van der Waals surface area contributed by atoms with Crippen molar-refractivity contribution >= 4 is 0 Å². The van der Waals surface area contributed by atoms with Crippen molar-refractivity contribution in [2.75, 3.05) is 0 Å². The molecule has 0 saturated carbocycles. The van der Waals surface area contributed by atoms with Crippen LogP contribution in [0.15, 0.2) is 28.9 Å². The number of aliphatic hydroxyl groups is 1. The Labute approximate surface area is 99.5 Å². The maximum atomic E-state index is 9.43. The van der Waals surface area contributed by atoms with Crippen LogP contribution in [-0.2, 0) is 6.42 Å². The molecule has 0 aromatic carbocycles. The number of nitrogens with zero attached hydrogens (tertiary/aromatic N) is 3. The average molecular weight is 233 g/mol. The van der Waals surface area contributed by atoms with Crippen molar-refractivity contribution < 1.29 is 9.63 Å². The molecular weight excluding hydrogens is 218 g/mol. The predicted octanol–water partition coefficient (Wildman–Crippen LogP) is 1.54.